The van der Waals surface area contributed by atoms with Crippen molar-refractivity contribution in [1.29, 1.82) is 0 Å². The van der Waals surface area contributed by atoms with Gasteiger partial charge in [0.2, 0.25) is 0 Å². The number of hydrogen-bond donors (Lipinski definition) is 2. The molecular formula is C12H14N4O3S. The Morgan fingerprint density at radius 1 is 1.35 bits per heavy atom. The molecule has 0 saturated carbocycles. The first-order valence-electron chi connectivity index (χ1n) is 5.73. The van der Waals surface area contributed by atoms with E-state index in [-0.39, 0.29) is 16.1 Å². The molecule has 1 amide bonds. The summed E-state index contributed by atoms with van der Waals surface area (Å²) >= 11 is 0. The predicted molar refractivity (Wildman–Crippen MR) is 73.7 cm³/mol. The van der Waals surface area contributed by atoms with Crippen LogP contribution < -0.4 is 10.5 Å². The third-order valence-electron chi connectivity index (χ3n) is 2.92. The number of aromatic nitrogens is 2. The second kappa shape index (κ2) is 4.97. The molecule has 20 heavy (non-hydrogen) atoms. The molecule has 0 bridgehead atoms. The molecule has 0 atom stereocenters. The molecule has 0 aliphatic heterocycles. The monoisotopic (exact) mass is 294 g/mol. The van der Waals surface area contributed by atoms with Crippen LogP contribution in [0.15, 0.2) is 35.4 Å². The van der Waals surface area contributed by atoms with Crippen LogP contribution in [-0.2, 0) is 17.1 Å². The number of carbonyl (C=O) groups excluding carboxylic acids is 1. The van der Waals surface area contributed by atoms with E-state index in [0.29, 0.717) is 5.69 Å². The lowest BCUT2D eigenvalue weighted by molar-refractivity contribution is 0.100. The highest BCUT2D eigenvalue weighted by atomic mass is 32.2. The number of nitrogens with two attached hydrogens (primary N) is 1. The Kier molecular flexibility index (Phi) is 3.49. The van der Waals surface area contributed by atoms with Gasteiger partial charge in [-0.05, 0) is 19.1 Å². The lowest BCUT2D eigenvalue weighted by atomic mass is 10.2. The maximum absolute atomic E-state index is 12.3. The molecule has 0 aliphatic carbocycles. The van der Waals surface area contributed by atoms with Gasteiger partial charge in [-0.1, -0.05) is 12.1 Å². The first-order valence-corrected chi connectivity index (χ1v) is 7.21. The molecule has 3 N–H and O–H groups in total. The zero-order chi connectivity index (χ0) is 14.9. The van der Waals surface area contributed by atoms with E-state index < -0.39 is 15.9 Å². The van der Waals surface area contributed by atoms with E-state index in [1.54, 1.807) is 26.1 Å². The van der Waals surface area contributed by atoms with Gasteiger partial charge in [0.15, 0.2) is 0 Å². The zero-order valence-corrected chi connectivity index (χ0v) is 11.8. The molecule has 0 aliphatic rings. The molecule has 8 heteroatoms. The number of nitrogens with zero attached hydrogens (tertiary/aromatic N) is 2. The maximum atomic E-state index is 12.3. The van der Waals surface area contributed by atoms with Crippen molar-refractivity contribution in [1.82, 2.24) is 9.78 Å². The van der Waals surface area contributed by atoms with E-state index in [9.17, 15) is 13.2 Å². The van der Waals surface area contributed by atoms with E-state index in [0.717, 1.165) is 0 Å². The van der Waals surface area contributed by atoms with Gasteiger partial charge in [0.25, 0.3) is 15.9 Å². The Morgan fingerprint density at radius 3 is 2.55 bits per heavy atom. The summed E-state index contributed by atoms with van der Waals surface area (Å²) < 4.78 is 28.4. The molecule has 7 nitrogen and oxygen atoms in total. The summed E-state index contributed by atoms with van der Waals surface area (Å²) in [6, 6.07) is 6.15. The number of rotatable bonds is 4. The molecule has 1 heterocycles. The van der Waals surface area contributed by atoms with Gasteiger partial charge < -0.3 is 5.73 Å². The first kappa shape index (κ1) is 14.1. The fourth-order valence-corrected chi connectivity index (χ4v) is 3.01. The second-order valence-corrected chi connectivity index (χ2v) is 5.88. The number of hydrogen-bond acceptors (Lipinski definition) is 4. The van der Waals surface area contributed by atoms with E-state index in [4.69, 9.17) is 5.73 Å². The van der Waals surface area contributed by atoms with Crippen LogP contribution in [-0.4, -0.2) is 24.1 Å². The zero-order valence-electron chi connectivity index (χ0n) is 11.0. The highest BCUT2D eigenvalue weighted by Gasteiger charge is 2.21. The van der Waals surface area contributed by atoms with Crippen molar-refractivity contribution in [3.63, 3.8) is 0 Å². The molecule has 0 spiro atoms. The van der Waals surface area contributed by atoms with Crippen LogP contribution in [0.3, 0.4) is 0 Å². The quantitative estimate of drug-likeness (QED) is 0.862. The number of sulfonamides is 1. The van der Waals surface area contributed by atoms with E-state index in [1.165, 1.54) is 23.0 Å². The van der Waals surface area contributed by atoms with Gasteiger partial charge in [0.05, 0.1) is 23.1 Å². The predicted octanol–water partition coefficient (Wildman–Crippen LogP) is 0.628. The highest BCUT2D eigenvalue weighted by Crippen LogP contribution is 2.21. The minimum atomic E-state index is -3.82. The van der Waals surface area contributed by atoms with Gasteiger partial charge in [-0.2, -0.15) is 5.10 Å². The fourth-order valence-electron chi connectivity index (χ4n) is 1.73. The van der Waals surface area contributed by atoms with Crippen LogP contribution in [0.1, 0.15) is 16.1 Å². The third kappa shape index (κ3) is 2.50. The van der Waals surface area contributed by atoms with Crippen molar-refractivity contribution in [2.24, 2.45) is 12.8 Å². The van der Waals surface area contributed by atoms with Gasteiger partial charge in [0, 0.05) is 7.05 Å². The van der Waals surface area contributed by atoms with Gasteiger partial charge >= 0.3 is 0 Å². The van der Waals surface area contributed by atoms with E-state index in [1.807, 2.05) is 0 Å². The standard InChI is InChI=1S/C12H14N4O3S/c1-8-11(7-14-16(8)2)20(18,19)15-10-6-4-3-5-9(10)12(13)17/h3-7,15H,1-2H3,(H2,13,17). The fraction of sp³-hybridized carbons (Fsp3) is 0.167. The summed E-state index contributed by atoms with van der Waals surface area (Å²) in [5, 5.41) is 3.89. The summed E-state index contributed by atoms with van der Waals surface area (Å²) in [5.74, 6) is -0.703. The van der Waals surface area contributed by atoms with Crippen LogP contribution in [0.5, 0.6) is 0 Å². The Bertz CT molecular complexity index is 765. The summed E-state index contributed by atoms with van der Waals surface area (Å²) in [6.07, 6.45) is 1.25. The van der Waals surface area contributed by atoms with Gasteiger partial charge in [0.1, 0.15) is 4.90 Å². The summed E-state index contributed by atoms with van der Waals surface area (Å²) in [7, 11) is -2.18. The van der Waals surface area contributed by atoms with Crippen LogP contribution >= 0.6 is 0 Å². The van der Waals surface area contributed by atoms with Gasteiger partial charge in [-0.3, -0.25) is 14.2 Å². The molecule has 0 radical (unpaired) electrons. The lowest BCUT2D eigenvalue weighted by Gasteiger charge is -2.10. The Labute approximate surface area is 116 Å². The minimum Gasteiger partial charge on any atom is -0.366 e. The molecule has 0 saturated heterocycles. The van der Waals surface area contributed by atoms with Gasteiger partial charge in [-0.15, -0.1) is 0 Å². The molecule has 106 valence electrons. The van der Waals surface area contributed by atoms with Crippen LogP contribution in [0, 0.1) is 6.92 Å². The van der Waals surface area contributed by atoms with Crippen molar-refractivity contribution in [2.45, 2.75) is 11.8 Å². The topological polar surface area (TPSA) is 107 Å². The Hall–Kier alpha value is -2.35. The van der Waals surface area contributed by atoms with Crippen molar-refractivity contribution in [2.75, 3.05) is 4.72 Å². The number of benzene rings is 1. The second-order valence-electron chi connectivity index (χ2n) is 4.23. The molecule has 2 rings (SSSR count). The first-order chi connectivity index (χ1) is 9.33. The van der Waals surface area contributed by atoms with Crippen molar-refractivity contribution < 1.29 is 13.2 Å². The SMILES string of the molecule is Cc1c(S(=O)(=O)Nc2ccccc2C(N)=O)cnn1C. The van der Waals surface area contributed by atoms with E-state index in [2.05, 4.69) is 9.82 Å². The number of aryl methyl sites for hydroxylation is 1. The normalized spacial score (nSPS) is 11.3. The van der Waals surface area contributed by atoms with E-state index >= 15 is 0 Å². The molecular weight excluding hydrogens is 280 g/mol. The van der Waals surface area contributed by atoms with Gasteiger partial charge in [-0.25, -0.2) is 8.42 Å². The minimum absolute atomic E-state index is 0.0549. The molecule has 1 aromatic heterocycles. The molecule has 2 aromatic rings. The van der Waals surface area contributed by atoms with Crippen molar-refractivity contribution in [3.8, 4) is 0 Å². The van der Waals surface area contributed by atoms with Crippen LogP contribution in [0.4, 0.5) is 5.69 Å². The summed E-state index contributed by atoms with van der Waals surface area (Å²) in [5.41, 5.74) is 5.96. The average molecular weight is 294 g/mol. The summed E-state index contributed by atoms with van der Waals surface area (Å²) in [4.78, 5) is 11.3. The van der Waals surface area contributed by atoms with Crippen molar-refractivity contribution >= 4 is 21.6 Å². The summed E-state index contributed by atoms with van der Waals surface area (Å²) in [6.45, 7) is 1.64. The third-order valence-corrected chi connectivity index (χ3v) is 4.39. The maximum Gasteiger partial charge on any atom is 0.265 e. The number of para-hydroxylation sites is 1. The number of primary amides is 1. The number of nitrogens with one attached hydrogen (secondary N) is 1. The van der Waals surface area contributed by atoms with Crippen LogP contribution in [0.2, 0.25) is 0 Å². The number of anilines is 1. The Morgan fingerprint density at radius 2 is 2.00 bits per heavy atom. The van der Waals surface area contributed by atoms with Crippen molar-refractivity contribution in [3.05, 3.63) is 41.7 Å². The lowest BCUT2D eigenvalue weighted by Crippen LogP contribution is -2.19. The average Bonchev–Trinajstić information content (AvgIpc) is 2.70. The largest absolute Gasteiger partial charge is 0.366 e. The Balaban J connectivity index is 2.44. The number of carbonyl (C=O) groups is 1. The smallest absolute Gasteiger partial charge is 0.265 e. The van der Waals surface area contributed by atoms with Crippen LogP contribution in [0.25, 0.3) is 0 Å². The highest BCUT2D eigenvalue weighted by molar-refractivity contribution is 7.92. The molecule has 0 unspecified atom stereocenters. The molecule has 1 aromatic carbocycles. The number of amides is 1. The molecule has 0 fully saturated rings.